The van der Waals surface area contributed by atoms with E-state index >= 15 is 0 Å². The number of carbonyl (C=O) groups is 1. The molecule has 7 heteroatoms. The predicted octanol–water partition coefficient (Wildman–Crippen LogP) is 2.98. The van der Waals surface area contributed by atoms with Crippen molar-refractivity contribution in [3.05, 3.63) is 22.7 Å². The molecule has 1 aliphatic heterocycles. The zero-order valence-corrected chi connectivity index (χ0v) is 13.1. The molecule has 0 saturated carbocycles. The highest BCUT2D eigenvalue weighted by molar-refractivity contribution is 7.99. The van der Waals surface area contributed by atoms with Crippen molar-refractivity contribution in [1.29, 1.82) is 0 Å². The highest BCUT2D eigenvalue weighted by atomic mass is 35.5. The van der Waals surface area contributed by atoms with Crippen LogP contribution in [0.25, 0.3) is 10.2 Å². The van der Waals surface area contributed by atoms with Crippen LogP contribution in [-0.4, -0.2) is 35.0 Å². The van der Waals surface area contributed by atoms with Crippen LogP contribution in [-0.2, 0) is 4.79 Å². The summed E-state index contributed by atoms with van der Waals surface area (Å²) in [5, 5.41) is 6.80. The number of fused-ring (bicyclic) bond motifs is 1. The SMILES string of the molecule is O=C(CC1CSCCN1)Nc1c(Cl)ccc2scnc12. The Morgan fingerprint density at radius 3 is 3.25 bits per heavy atom. The minimum Gasteiger partial charge on any atom is -0.323 e. The summed E-state index contributed by atoms with van der Waals surface area (Å²) in [6, 6.07) is 3.96. The summed E-state index contributed by atoms with van der Waals surface area (Å²) in [7, 11) is 0. The van der Waals surface area contributed by atoms with Gasteiger partial charge in [0.25, 0.3) is 0 Å². The van der Waals surface area contributed by atoms with Crippen LogP contribution in [0.2, 0.25) is 5.02 Å². The molecule has 1 amide bonds. The number of thioether (sulfide) groups is 1. The fourth-order valence-electron chi connectivity index (χ4n) is 2.19. The second-order valence-corrected chi connectivity index (χ2v) is 7.04. The Hall–Kier alpha value is -0.820. The molecule has 1 aromatic heterocycles. The maximum Gasteiger partial charge on any atom is 0.226 e. The zero-order chi connectivity index (χ0) is 13.9. The lowest BCUT2D eigenvalue weighted by Gasteiger charge is -2.22. The van der Waals surface area contributed by atoms with Gasteiger partial charge in [-0.25, -0.2) is 4.98 Å². The Kier molecular flexibility index (Phi) is 4.45. The Bertz CT molecular complexity index is 625. The van der Waals surface area contributed by atoms with E-state index in [1.807, 2.05) is 17.8 Å². The van der Waals surface area contributed by atoms with Gasteiger partial charge in [-0.05, 0) is 12.1 Å². The molecule has 106 valence electrons. The van der Waals surface area contributed by atoms with Crippen LogP contribution in [0.5, 0.6) is 0 Å². The van der Waals surface area contributed by atoms with E-state index in [0.717, 1.165) is 28.3 Å². The first-order valence-corrected chi connectivity index (χ1v) is 8.78. The van der Waals surface area contributed by atoms with E-state index < -0.39 is 0 Å². The van der Waals surface area contributed by atoms with Gasteiger partial charge in [-0.1, -0.05) is 11.6 Å². The van der Waals surface area contributed by atoms with Gasteiger partial charge in [0.1, 0.15) is 5.52 Å². The van der Waals surface area contributed by atoms with Crippen molar-refractivity contribution in [2.45, 2.75) is 12.5 Å². The van der Waals surface area contributed by atoms with Gasteiger partial charge in [-0.15, -0.1) is 11.3 Å². The van der Waals surface area contributed by atoms with Gasteiger partial charge in [0.05, 0.1) is 20.9 Å². The number of hydrogen-bond acceptors (Lipinski definition) is 5. The summed E-state index contributed by atoms with van der Waals surface area (Å²) in [5.41, 5.74) is 3.15. The number of hydrogen-bond donors (Lipinski definition) is 2. The molecule has 0 aliphatic carbocycles. The molecule has 1 aromatic carbocycles. The molecular weight excluding hydrogens is 314 g/mol. The van der Waals surface area contributed by atoms with Crippen LogP contribution in [0.1, 0.15) is 6.42 Å². The topological polar surface area (TPSA) is 54.0 Å². The first kappa shape index (κ1) is 14.1. The third-order valence-electron chi connectivity index (χ3n) is 3.15. The van der Waals surface area contributed by atoms with Gasteiger partial charge in [-0.2, -0.15) is 11.8 Å². The first-order chi connectivity index (χ1) is 9.74. The van der Waals surface area contributed by atoms with Gasteiger partial charge in [0.2, 0.25) is 5.91 Å². The van der Waals surface area contributed by atoms with Crippen LogP contribution in [0.3, 0.4) is 0 Å². The number of anilines is 1. The normalized spacial score (nSPS) is 19.1. The van der Waals surface area contributed by atoms with Crippen molar-refractivity contribution in [3.8, 4) is 0 Å². The van der Waals surface area contributed by atoms with Crippen LogP contribution in [0.15, 0.2) is 17.6 Å². The molecule has 0 radical (unpaired) electrons. The molecule has 0 spiro atoms. The number of carbonyl (C=O) groups excluding carboxylic acids is 1. The van der Waals surface area contributed by atoms with Crippen LogP contribution in [0, 0.1) is 0 Å². The number of nitrogens with zero attached hydrogens (tertiary/aromatic N) is 1. The van der Waals surface area contributed by atoms with Crippen LogP contribution in [0.4, 0.5) is 5.69 Å². The number of halogens is 1. The summed E-state index contributed by atoms with van der Waals surface area (Å²) < 4.78 is 1.02. The molecule has 20 heavy (non-hydrogen) atoms. The number of thiazole rings is 1. The molecule has 4 nitrogen and oxygen atoms in total. The molecular formula is C13H14ClN3OS2. The minimum absolute atomic E-state index is 0.0209. The summed E-state index contributed by atoms with van der Waals surface area (Å²) in [6.45, 7) is 0.963. The predicted molar refractivity (Wildman–Crippen MR) is 87.0 cm³/mol. The van der Waals surface area contributed by atoms with Crippen LogP contribution >= 0.6 is 34.7 Å². The van der Waals surface area contributed by atoms with Crippen molar-refractivity contribution < 1.29 is 4.79 Å². The van der Waals surface area contributed by atoms with E-state index in [0.29, 0.717) is 17.1 Å². The lowest BCUT2D eigenvalue weighted by Crippen LogP contribution is -2.39. The maximum atomic E-state index is 12.2. The lowest BCUT2D eigenvalue weighted by molar-refractivity contribution is -0.116. The van der Waals surface area contributed by atoms with Crippen molar-refractivity contribution in [2.75, 3.05) is 23.4 Å². The minimum atomic E-state index is -0.0209. The number of rotatable bonds is 3. The Labute approximate surface area is 130 Å². The fourth-order valence-corrected chi connectivity index (χ4v) is 4.02. The first-order valence-electron chi connectivity index (χ1n) is 6.37. The highest BCUT2D eigenvalue weighted by Gasteiger charge is 2.18. The Balaban J connectivity index is 1.73. The molecule has 0 bridgehead atoms. The molecule has 2 heterocycles. The number of nitrogens with one attached hydrogen (secondary N) is 2. The molecule has 3 rings (SSSR count). The number of benzene rings is 1. The summed E-state index contributed by atoms with van der Waals surface area (Å²) in [6.07, 6.45) is 0.462. The summed E-state index contributed by atoms with van der Waals surface area (Å²) >= 11 is 9.59. The lowest BCUT2D eigenvalue weighted by atomic mass is 10.2. The van der Waals surface area contributed by atoms with Gasteiger partial charge < -0.3 is 10.6 Å². The van der Waals surface area contributed by atoms with Gasteiger partial charge in [0.15, 0.2) is 0 Å². The van der Waals surface area contributed by atoms with E-state index in [-0.39, 0.29) is 11.9 Å². The monoisotopic (exact) mass is 327 g/mol. The third kappa shape index (κ3) is 3.09. The number of aromatic nitrogens is 1. The van der Waals surface area contributed by atoms with Crippen molar-refractivity contribution in [2.24, 2.45) is 0 Å². The summed E-state index contributed by atoms with van der Waals surface area (Å²) in [5.74, 6) is 2.07. The van der Waals surface area contributed by atoms with Crippen LogP contribution < -0.4 is 10.6 Å². The van der Waals surface area contributed by atoms with E-state index in [4.69, 9.17) is 11.6 Å². The van der Waals surface area contributed by atoms with E-state index in [1.165, 1.54) is 11.3 Å². The standard InChI is InChI=1S/C13H14ClN3OS2/c14-9-1-2-10-13(16-7-20-10)12(9)17-11(18)5-8-6-19-4-3-15-8/h1-2,7-8,15H,3-6H2,(H,17,18). The molecule has 2 aromatic rings. The molecule has 1 saturated heterocycles. The largest absolute Gasteiger partial charge is 0.323 e. The molecule has 2 N–H and O–H groups in total. The van der Waals surface area contributed by atoms with E-state index in [2.05, 4.69) is 15.6 Å². The second kappa shape index (κ2) is 6.30. The highest BCUT2D eigenvalue weighted by Crippen LogP contribution is 2.32. The fraction of sp³-hybridized carbons (Fsp3) is 0.385. The van der Waals surface area contributed by atoms with Crippen molar-refractivity contribution in [3.63, 3.8) is 0 Å². The van der Waals surface area contributed by atoms with Gasteiger partial charge >= 0.3 is 0 Å². The van der Waals surface area contributed by atoms with Crippen molar-refractivity contribution >= 4 is 56.5 Å². The quantitative estimate of drug-likeness (QED) is 0.910. The Morgan fingerprint density at radius 2 is 2.45 bits per heavy atom. The van der Waals surface area contributed by atoms with E-state index in [1.54, 1.807) is 11.6 Å². The summed E-state index contributed by atoms with van der Waals surface area (Å²) in [4.78, 5) is 16.4. The molecule has 1 fully saturated rings. The maximum absolute atomic E-state index is 12.2. The molecule has 1 unspecified atom stereocenters. The average Bonchev–Trinajstić information content (AvgIpc) is 2.92. The van der Waals surface area contributed by atoms with Gasteiger partial charge in [-0.3, -0.25) is 4.79 Å². The van der Waals surface area contributed by atoms with Gasteiger partial charge in [0, 0.05) is 30.5 Å². The third-order valence-corrected chi connectivity index (χ3v) is 5.39. The molecule has 1 atom stereocenters. The average molecular weight is 328 g/mol. The Morgan fingerprint density at radius 1 is 1.55 bits per heavy atom. The number of amides is 1. The van der Waals surface area contributed by atoms with Crippen molar-refractivity contribution in [1.82, 2.24) is 10.3 Å². The molecule has 1 aliphatic rings. The van der Waals surface area contributed by atoms with E-state index in [9.17, 15) is 4.79 Å². The second-order valence-electron chi connectivity index (χ2n) is 4.60. The zero-order valence-electron chi connectivity index (χ0n) is 10.7. The smallest absolute Gasteiger partial charge is 0.226 e.